The number of amides is 1. The average Bonchev–Trinajstić information content (AvgIpc) is 2.48. The van der Waals surface area contributed by atoms with Crippen molar-refractivity contribution in [2.75, 3.05) is 38.5 Å². The number of nitrogens with two attached hydrogens (primary N) is 1. The second-order valence-corrected chi connectivity index (χ2v) is 5.41. The molecule has 20 heavy (non-hydrogen) atoms. The molecule has 1 atom stereocenters. The molecule has 1 aliphatic rings. The van der Waals surface area contributed by atoms with Crippen molar-refractivity contribution in [2.45, 2.75) is 19.5 Å². The van der Waals surface area contributed by atoms with Crippen molar-refractivity contribution in [3.8, 4) is 0 Å². The summed E-state index contributed by atoms with van der Waals surface area (Å²) in [6, 6.07) is 7.58. The molecule has 5 nitrogen and oxygen atoms in total. The van der Waals surface area contributed by atoms with Crippen LogP contribution in [0.15, 0.2) is 24.3 Å². The van der Waals surface area contributed by atoms with E-state index in [1.165, 1.54) is 0 Å². The number of anilines is 1. The molecule has 5 heteroatoms. The third kappa shape index (κ3) is 3.79. The number of carbonyl (C=O) groups is 1. The zero-order valence-electron chi connectivity index (χ0n) is 12.3. The van der Waals surface area contributed by atoms with E-state index in [1.807, 2.05) is 31.2 Å². The van der Waals surface area contributed by atoms with Crippen LogP contribution in [-0.2, 0) is 11.3 Å². The Balaban J connectivity index is 1.89. The Labute approximate surface area is 120 Å². The molecular formula is C15H24N4O. The topological polar surface area (TPSA) is 61.6 Å². The first-order valence-corrected chi connectivity index (χ1v) is 7.12. The molecule has 1 aliphatic heterocycles. The van der Waals surface area contributed by atoms with E-state index in [1.54, 1.807) is 0 Å². The summed E-state index contributed by atoms with van der Waals surface area (Å²) in [7, 11) is 2.11. The number of rotatable bonds is 4. The highest BCUT2D eigenvalue weighted by molar-refractivity contribution is 5.94. The summed E-state index contributed by atoms with van der Waals surface area (Å²) in [6.07, 6.45) is 0. The highest BCUT2D eigenvalue weighted by atomic mass is 16.2. The maximum absolute atomic E-state index is 12.3. The van der Waals surface area contributed by atoms with Gasteiger partial charge in [-0.05, 0) is 31.7 Å². The summed E-state index contributed by atoms with van der Waals surface area (Å²) in [5.41, 5.74) is 7.45. The van der Waals surface area contributed by atoms with Gasteiger partial charge in [-0.2, -0.15) is 0 Å². The molecule has 0 bridgehead atoms. The Hall–Kier alpha value is -1.43. The fraction of sp³-hybridized carbons (Fsp3) is 0.533. The van der Waals surface area contributed by atoms with Crippen LogP contribution in [0, 0.1) is 0 Å². The van der Waals surface area contributed by atoms with Crippen molar-refractivity contribution in [3.05, 3.63) is 29.8 Å². The Morgan fingerprint density at radius 1 is 1.25 bits per heavy atom. The second-order valence-electron chi connectivity index (χ2n) is 5.41. The maximum Gasteiger partial charge on any atom is 0.241 e. The summed E-state index contributed by atoms with van der Waals surface area (Å²) in [5, 5.41) is 2.97. The lowest BCUT2D eigenvalue weighted by atomic mass is 10.2. The average molecular weight is 276 g/mol. The predicted molar refractivity (Wildman–Crippen MR) is 81.5 cm³/mol. The highest BCUT2D eigenvalue weighted by Crippen LogP contribution is 2.12. The van der Waals surface area contributed by atoms with Crippen LogP contribution >= 0.6 is 0 Å². The van der Waals surface area contributed by atoms with Crippen molar-refractivity contribution < 1.29 is 4.79 Å². The quantitative estimate of drug-likeness (QED) is 0.850. The molecule has 110 valence electrons. The molecule has 0 saturated carbocycles. The predicted octanol–water partition coefficient (Wildman–Crippen LogP) is 0.720. The lowest BCUT2D eigenvalue weighted by molar-refractivity contribution is -0.121. The first kappa shape index (κ1) is 15.0. The molecule has 1 aromatic rings. The molecule has 0 aliphatic carbocycles. The number of hydrogen-bond donors (Lipinski definition) is 2. The molecule has 0 aromatic heterocycles. The first-order valence-electron chi connectivity index (χ1n) is 7.12. The van der Waals surface area contributed by atoms with E-state index in [-0.39, 0.29) is 11.9 Å². The number of nitrogens with zero attached hydrogens (tertiary/aromatic N) is 2. The van der Waals surface area contributed by atoms with Gasteiger partial charge in [-0.1, -0.05) is 12.1 Å². The van der Waals surface area contributed by atoms with Crippen molar-refractivity contribution in [3.63, 3.8) is 0 Å². The first-order chi connectivity index (χ1) is 9.60. The Morgan fingerprint density at radius 3 is 2.40 bits per heavy atom. The Morgan fingerprint density at radius 2 is 1.85 bits per heavy atom. The van der Waals surface area contributed by atoms with Gasteiger partial charge in [-0.3, -0.25) is 9.69 Å². The molecule has 1 amide bonds. The van der Waals surface area contributed by atoms with Crippen LogP contribution in [0.25, 0.3) is 0 Å². The van der Waals surface area contributed by atoms with Crippen molar-refractivity contribution >= 4 is 11.6 Å². The fourth-order valence-corrected chi connectivity index (χ4v) is 2.35. The van der Waals surface area contributed by atoms with Crippen LogP contribution in [-0.4, -0.2) is 55.0 Å². The molecule has 1 saturated heterocycles. The minimum atomic E-state index is -0.0992. The van der Waals surface area contributed by atoms with Crippen LogP contribution in [0.3, 0.4) is 0 Å². The van der Waals surface area contributed by atoms with Gasteiger partial charge in [0, 0.05) is 38.4 Å². The summed E-state index contributed by atoms with van der Waals surface area (Å²) in [5.74, 6) is 0.0510. The number of benzene rings is 1. The van der Waals surface area contributed by atoms with Gasteiger partial charge in [0.2, 0.25) is 5.91 Å². The number of nitrogens with one attached hydrogen (secondary N) is 1. The minimum Gasteiger partial charge on any atom is -0.326 e. The third-order valence-corrected chi connectivity index (χ3v) is 3.92. The largest absolute Gasteiger partial charge is 0.326 e. The fourth-order valence-electron chi connectivity index (χ4n) is 2.35. The number of carbonyl (C=O) groups excluding carboxylic acids is 1. The van der Waals surface area contributed by atoms with Crippen LogP contribution < -0.4 is 11.1 Å². The molecule has 0 spiro atoms. The molecule has 1 fully saturated rings. The summed E-state index contributed by atoms with van der Waals surface area (Å²) < 4.78 is 0. The molecular weight excluding hydrogens is 252 g/mol. The van der Waals surface area contributed by atoms with Crippen LogP contribution in [0.1, 0.15) is 12.5 Å². The monoisotopic (exact) mass is 276 g/mol. The Bertz CT molecular complexity index is 438. The zero-order valence-corrected chi connectivity index (χ0v) is 12.3. The number of piperazine rings is 1. The van der Waals surface area contributed by atoms with Gasteiger partial charge in [0.25, 0.3) is 0 Å². The molecule has 0 radical (unpaired) electrons. The minimum absolute atomic E-state index is 0.0510. The number of hydrogen-bond acceptors (Lipinski definition) is 4. The van der Waals surface area contributed by atoms with Gasteiger partial charge < -0.3 is 16.0 Å². The van der Waals surface area contributed by atoms with E-state index in [0.717, 1.165) is 37.4 Å². The van der Waals surface area contributed by atoms with Crippen LogP contribution in [0.2, 0.25) is 0 Å². The second kappa shape index (κ2) is 6.83. The highest BCUT2D eigenvalue weighted by Gasteiger charge is 2.24. The molecule has 3 N–H and O–H groups in total. The van der Waals surface area contributed by atoms with Crippen molar-refractivity contribution in [1.29, 1.82) is 0 Å². The van der Waals surface area contributed by atoms with E-state index in [2.05, 4.69) is 22.2 Å². The van der Waals surface area contributed by atoms with E-state index < -0.39 is 0 Å². The zero-order chi connectivity index (χ0) is 14.5. The van der Waals surface area contributed by atoms with Crippen LogP contribution in [0.4, 0.5) is 5.69 Å². The van der Waals surface area contributed by atoms with Gasteiger partial charge in [-0.15, -0.1) is 0 Å². The van der Waals surface area contributed by atoms with Gasteiger partial charge in [0.1, 0.15) is 0 Å². The normalized spacial score (nSPS) is 18.8. The van der Waals surface area contributed by atoms with E-state index in [0.29, 0.717) is 6.54 Å². The SMILES string of the molecule is CC(C(=O)Nc1ccc(CN)cc1)N1CCN(C)CC1. The number of likely N-dealkylation sites (N-methyl/N-ethyl adjacent to an activating group) is 1. The van der Waals surface area contributed by atoms with Gasteiger partial charge in [-0.25, -0.2) is 0 Å². The van der Waals surface area contributed by atoms with E-state index in [9.17, 15) is 4.79 Å². The maximum atomic E-state index is 12.3. The summed E-state index contributed by atoms with van der Waals surface area (Å²) in [4.78, 5) is 16.8. The van der Waals surface area contributed by atoms with E-state index in [4.69, 9.17) is 5.73 Å². The molecule has 2 rings (SSSR count). The van der Waals surface area contributed by atoms with E-state index >= 15 is 0 Å². The lowest BCUT2D eigenvalue weighted by Gasteiger charge is -2.35. The van der Waals surface area contributed by atoms with Gasteiger partial charge in [0.15, 0.2) is 0 Å². The molecule has 1 aromatic carbocycles. The van der Waals surface area contributed by atoms with Crippen molar-refractivity contribution in [2.24, 2.45) is 5.73 Å². The Kier molecular flexibility index (Phi) is 5.11. The summed E-state index contributed by atoms with van der Waals surface area (Å²) >= 11 is 0. The smallest absolute Gasteiger partial charge is 0.241 e. The van der Waals surface area contributed by atoms with Crippen LogP contribution in [0.5, 0.6) is 0 Å². The molecule has 1 unspecified atom stereocenters. The standard InChI is InChI=1S/C15H24N4O/c1-12(19-9-7-18(2)8-10-19)15(20)17-14-5-3-13(11-16)4-6-14/h3-6,12H,7-11,16H2,1-2H3,(H,17,20). The summed E-state index contributed by atoms with van der Waals surface area (Å²) in [6.45, 7) is 6.40. The molecule has 1 heterocycles. The van der Waals surface area contributed by atoms with Gasteiger partial charge >= 0.3 is 0 Å². The lowest BCUT2D eigenvalue weighted by Crippen LogP contribution is -2.51. The third-order valence-electron chi connectivity index (χ3n) is 3.92. The van der Waals surface area contributed by atoms with Crippen molar-refractivity contribution in [1.82, 2.24) is 9.80 Å². The van der Waals surface area contributed by atoms with Gasteiger partial charge in [0.05, 0.1) is 6.04 Å².